The molecule has 4 heteroatoms. The molecule has 2 rings (SSSR count). The summed E-state index contributed by atoms with van der Waals surface area (Å²) in [6.45, 7) is 1.97. The first-order valence-corrected chi connectivity index (χ1v) is 7.14. The van der Waals surface area contributed by atoms with Crippen molar-refractivity contribution in [1.82, 2.24) is 0 Å². The Bertz CT molecular complexity index is 640. The lowest BCUT2D eigenvalue weighted by Gasteiger charge is -2.11. The molecule has 0 aliphatic rings. The molecule has 0 spiro atoms. The van der Waals surface area contributed by atoms with E-state index in [4.69, 9.17) is 17.3 Å². The van der Waals surface area contributed by atoms with Gasteiger partial charge in [0, 0.05) is 23.6 Å². The number of hydrogen-bond acceptors (Lipinski definition) is 2. The predicted molar refractivity (Wildman–Crippen MR) is 84.0 cm³/mol. The van der Waals surface area contributed by atoms with Crippen LogP contribution in [0.15, 0.2) is 42.5 Å². The van der Waals surface area contributed by atoms with Gasteiger partial charge in [0.05, 0.1) is 0 Å². The molecule has 2 nitrogen and oxygen atoms in total. The Labute approximate surface area is 128 Å². The molecule has 0 radical (unpaired) electrons. The largest absolute Gasteiger partial charge is 0.399 e. The smallest absolute Gasteiger partial charge is 0.137 e. The highest BCUT2D eigenvalue weighted by atomic mass is 35.5. The number of benzene rings is 2. The average Bonchev–Trinajstić information content (AvgIpc) is 2.43. The van der Waals surface area contributed by atoms with E-state index in [2.05, 4.69) is 0 Å². The van der Waals surface area contributed by atoms with Crippen LogP contribution in [0.2, 0.25) is 5.02 Å². The molecule has 0 bridgehead atoms. The zero-order chi connectivity index (χ0) is 15.4. The molecule has 0 aliphatic carbocycles. The quantitative estimate of drug-likeness (QED) is 0.834. The third-order valence-electron chi connectivity index (χ3n) is 3.43. The molecule has 0 amide bonds. The van der Waals surface area contributed by atoms with Crippen LogP contribution in [0.3, 0.4) is 0 Å². The number of halogens is 2. The van der Waals surface area contributed by atoms with Gasteiger partial charge in [0.2, 0.25) is 0 Å². The standard InChI is InChI=1S/C17H17ClFNO/c1-11(12-2-5-15(20)6-3-12)8-16(21)10-13-9-14(18)4-7-17(13)19/h2-7,9,11H,8,10,20H2,1H3. The molecule has 0 heterocycles. The minimum Gasteiger partial charge on any atom is -0.399 e. The molecule has 0 aliphatic heterocycles. The molecule has 0 aromatic heterocycles. The first-order chi connectivity index (χ1) is 9.95. The maximum absolute atomic E-state index is 13.6. The van der Waals surface area contributed by atoms with Crippen molar-refractivity contribution in [1.29, 1.82) is 0 Å². The van der Waals surface area contributed by atoms with E-state index in [9.17, 15) is 9.18 Å². The van der Waals surface area contributed by atoms with Gasteiger partial charge in [0.1, 0.15) is 11.6 Å². The van der Waals surface area contributed by atoms with Crippen molar-refractivity contribution < 1.29 is 9.18 Å². The fourth-order valence-corrected chi connectivity index (χ4v) is 2.44. The summed E-state index contributed by atoms with van der Waals surface area (Å²) in [4.78, 5) is 12.1. The average molecular weight is 306 g/mol. The summed E-state index contributed by atoms with van der Waals surface area (Å²) in [6, 6.07) is 11.7. The SMILES string of the molecule is CC(CC(=O)Cc1cc(Cl)ccc1F)c1ccc(N)cc1. The van der Waals surface area contributed by atoms with Gasteiger partial charge in [-0.15, -0.1) is 0 Å². The lowest BCUT2D eigenvalue weighted by atomic mass is 9.93. The van der Waals surface area contributed by atoms with E-state index in [1.807, 2.05) is 31.2 Å². The Morgan fingerprint density at radius 3 is 2.57 bits per heavy atom. The molecule has 2 aromatic rings. The second kappa shape index (κ2) is 6.72. The van der Waals surface area contributed by atoms with Crippen LogP contribution in [0.25, 0.3) is 0 Å². The number of carbonyl (C=O) groups is 1. The van der Waals surface area contributed by atoms with Gasteiger partial charge < -0.3 is 5.73 Å². The number of carbonyl (C=O) groups excluding carboxylic acids is 1. The van der Waals surface area contributed by atoms with E-state index >= 15 is 0 Å². The zero-order valence-corrected chi connectivity index (χ0v) is 12.5. The second-order valence-corrected chi connectivity index (χ2v) is 5.66. The van der Waals surface area contributed by atoms with Gasteiger partial charge in [-0.25, -0.2) is 4.39 Å². The van der Waals surface area contributed by atoms with Gasteiger partial charge in [-0.2, -0.15) is 0 Å². The van der Waals surface area contributed by atoms with Crippen molar-refractivity contribution in [2.45, 2.75) is 25.7 Å². The van der Waals surface area contributed by atoms with Crippen LogP contribution < -0.4 is 5.73 Å². The first kappa shape index (κ1) is 15.5. The van der Waals surface area contributed by atoms with Gasteiger partial charge in [0.15, 0.2) is 0 Å². The second-order valence-electron chi connectivity index (χ2n) is 5.22. The van der Waals surface area contributed by atoms with E-state index in [-0.39, 0.29) is 18.1 Å². The number of nitrogens with two attached hydrogens (primary N) is 1. The Kier molecular flexibility index (Phi) is 4.97. The number of rotatable bonds is 5. The van der Waals surface area contributed by atoms with Gasteiger partial charge in [-0.3, -0.25) is 4.79 Å². The van der Waals surface area contributed by atoms with E-state index in [0.29, 0.717) is 22.7 Å². The molecule has 1 atom stereocenters. The number of Topliss-reactive ketones (excluding diaryl/α,β-unsaturated/α-hetero) is 1. The Morgan fingerprint density at radius 2 is 1.90 bits per heavy atom. The van der Waals surface area contributed by atoms with E-state index in [1.54, 1.807) is 0 Å². The van der Waals surface area contributed by atoms with Crippen LogP contribution in [0.1, 0.15) is 30.4 Å². The van der Waals surface area contributed by atoms with Crippen molar-refractivity contribution in [3.05, 3.63) is 64.4 Å². The summed E-state index contributed by atoms with van der Waals surface area (Å²) in [5.74, 6) is -0.339. The molecule has 110 valence electrons. The highest BCUT2D eigenvalue weighted by molar-refractivity contribution is 6.30. The highest BCUT2D eigenvalue weighted by Gasteiger charge is 2.14. The predicted octanol–water partition coefficient (Wildman–Crippen LogP) is 4.37. The van der Waals surface area contributed by atoms with E-state index in [1.165, 1.54) is 18.2 Å². The van der Waals surface area contributed by atoms with Crippen LogP contribution in [0.4, 0.5) is 10.1 Å². The summed E-state index contributed by atoms with van der Waals surface area (Å²) in [7, 11) is 0. The van der Waals surface area contributed by atoms with E-state index < -0.39 is 5.82 Å². The lowest BCUT2D eigenvalue weighted by molar-refractivity contribution is -0.118. The molecule has 0 saturated heterocycles. The van der Waals surface area contributed by atoms with Crippen molar-refractivity contribution in [3.8, 4) is 0 Å². The van der Waals surface area contributed by atoms with Gasteiger partial charge in [0.25, 0.3) is 0 Å². The minimum absolute atomic E-state index is 0.0134. The summed E-state index contributed by atoms with van der Waals surface area (Å²) in [5, 5.41) is 0.436. The molecule has 2 N–H and O–H groups in total. The number of nitrogen functional groups attached to an aromatic ring is 1. The first-order valence-electron chi connectivity index (χ1n) is 6.77. The maximum Gasteiger partial charge on any atom is 0.137 e. The van der Waals surface area contributed by atoms with Crippen LogP contribution in [0.5, 0.6) is 0 Å². The molecule has 2 aromatic carbocycles. The van der Waals surface area contributed by atoms with Gasteiger partial charge >= 0.3 is 0 Å². The molecular formula is C17H17ClFNO. The zero-order valence-electron chi connectivity index (χ0n) is 11.8. The summed E-state index contributed by atoms with van der Waals surface area (Å²) in [5.41, 5.74) is 7.72. The fourth-order valence-electron chi connectivity index (χ4n) is 2.25. The van der Waals surface area contributed by atoms with Gasteiger partial charge in [-0.1, -0.05) is 30.7 Å². The van der Waals surface area contributed by atoms with Crippen molar-refractivity contribution in [2.75, 3.05) is 5.73 Å². The van der Waals surface area contributed by atoms with Crippen LogP contribution in [-0.2, 0) is 11.2 Å². The van der Waals surface area contributed by atoms with Crippen molar-refractivity contribution in [2.24, 2.45) is 0 Å². The number of ketones is 1. The number of hydrogen-bond donors (Lipinski definition) is 1. The topological polar surface area (TPSA) is 43.1 Å². The monoisotopic (exact) mass is 305 g/mol. The fraction of sp³-hybridized carbons (Fsp3) is 0.235. The van der Waals surface area contributed by atoms with Gasteiger partial charge in [-0.05, 0) is 47.4 Å². The Balaban J connectivity index is 2.01. The summed E-state index contributed by atoms with van der Waals surface area (Å²) < 4.78 is 13.6. The molecule has 0 fully saturated rings. The molecular weight excluding hydrogens is 289 g/mol. The third kappa shape index (κ3) is 4.30. The minimum atomic E-state index is -0.395. The summed E-state index contributed by atoms with van der Waals surface area (Å²) >= 11 is 5.83. The highest BCUT2D eigenvalue weighted by Crippen LogP contribution is 2.22. The Hall–Kier alpha value is -1.87. The summed E-state index contributed by atoms with van der Waals surface area (Å²) in [6.07, 6.45) is 0.418. The third-order valence-corrected chi connectivity index (χ3v) is 3.67. The van der Waals surface area contributed by atoms with Crippen LogP contribution >= 0.6 is 11.6 Å². The molecule has 0 saturated carbocycles. The molecule has 21 heavy (non-hydrogen) atoms. The van der Waals surface area contributed by atoms with Crippen molar-refractivity contribution in [3.63, 3.8) is 0 Å². The number of anilines is 1. The Morgan fingerprint density at radius 1 is 1.24 bits per heavy atom. The van der Waals surface area contributed by atoms with Crippen LogP contribution in [0, 0.1) is 5.82 Å². The normalized spacial score (nSPS) is 12.1. The maximum atomic E-state index is 13.6. The van der Waals surface area contributed by atoms with Crippen LogP contribution in [-0.4, -0.2) is 5.78 Å². The molecule has 1 unspecified atom stereocenters. The van der Waals surface area contributed by atoms with Crippen molar-refractivity contribution >= 4 is 23.1 Å². The lowest BCUT2D eigenvalue weighted by Crippen LogP contribution is -2.09. The van der Waals surface area contributed by atoms with E-state index in [0.717, 1.165) is 5.56 Å².